The zero-order valence-electron chi connectivity index (χ0n) is 15.3. The van der Waals surface area contributed by atoms with Crippen molar-refractivity contribution in [3.05, 3.63) is 11.4 Å². The van der Waals surface area contributed by atoms with Crippen LogP contribution in [0, 0.1) is 0 Å². The number of hydrogen-bond donors (Lipinski definition) is 0. The van der Waals surface area contributed by atoms with Gasteiger partial charge in [0.05, 0.1) is 16.7 Å². The lowest BCUT2D eigenvalue weighted by atomic mass is 10.1. The van der Waals surface area contributed by atoms with Crippen molar-refractivity contribution >= 4 is 11.7 Å². The van der Waals surface area contributed by atoms with Crippen molar-refractivity contribution in [2.24, 2.45) is 9.98 Å². The quantitative estimate of drug-likeness (QED) is 0.660. The molecule has 6 nitrogen and oxygen atoms in total. The molecule has 0 aromatic heterocycles. The van der Waals surface area contributed by atoms with Crippen LogP contribution in [0.5, 0.6) is 0 Å². The van der Waals surface area contributed by atoms with E-state index in [9.17, 15) is 0 Å². The molecule has 1 fully saturated rings. The van der Waals surface area contributed by atoms with Gasteiger partial charge in [0.2, 0.25) is 0 Å². The van der Waals surface area contributed by atoms with Gasteiger partial charge in [0.25, 0.3) is 0 Å². The van der Waals surface area contributed by atoms with E-state index in [1.807, 2.05) is 0 Å². The number of hydrogen-bond acceptors (Lipinski definition) is 6. The maximum atomic E-state index is 5.16. The molecule has 0 spiro atoms. The van der Waals surface area contributed by atoms with Gasteiger partial charge in [-0.3, -0.25) is 9.98 Å². The van der Waals surface area contributed by atoms with Crippen LogP contribution in [0.25, 0.3) is 0 Å². The molecule has 0 aromatic carbocycles. The first kappa shape index (κ1) is 14.6. The molecule has 0 amide bonds. The van der Waals surface area contributed by atoms with Crippen LogP contribution in [0.2, 0.25) is 0 Å². The molecule has 0 unspecified atom stereocenters. The van der Waals surface area contributed by atoms with Gasteiger partial charge >= 0.3 is 0 Å². The Kier molecular flexibility index (Phi) is 2.72. The Bertz CT molecular complexity index is 630. The highest BCUT2D eigenvalue weighted by molar-refractivity contribution is 6.24. The Balaban J connectivity index is 1.74. The molecule has 5 rings (SSSR count). The summed E-state index contributed by atoms with van der Waals surface area (Å²) in [6, 6.07) is 0. The van der Waals surface area contributed by atoms with Crippen LogP contribution in [0.15, 0.2) is 21.4 Å². The average Bonchev–Trinajstić information content (AvgIpc) is 3.05. The molecule has 0 bridgehead atoms. The summed E-state index contributed by atoms with van der Waals surface area (Å²) in [5.41, 5.74) is 1.30. The number of aliphatic imine (C=N–C) groups is 2. The van der Waals surface area contributed by atoms with Crippen molar-refractivity contribution in [1.82, 2.24) is 19.6 Å². The van der Waals surface area contributed by atoms with Crippen molar-refractivity contribution < 1.29 is 0 Å². The zero-order valence-corrected chi connectivity index (χ0v) is 15.3. The summed E-state index contributed by atoms with van der Waals surface area (Å²) in [6.45, 7) is 17.6. The second-order valence-corrected chi connectivity index (χ2v) is 9.01. The minimum Gasteiger partial charge on any atom is -0.354 e. The van der Waals surface area contributed by atoms with Gasteiger partial charge in [-0.1, -0.05) is 0 Å². The average molecular weight is 328 g/mol. The van der Waals surface area contributed by atoms with E-state index in [1.54, 1.807) is 0 Å². The van der Waals surface area contributed by atoms with Crippen LogP contribution in [0.3, 0.4) is 0 Å². The minimum atomic E-state index is 0.000312. The van der Waals surface area contributed by atoms with Crippen molar-refractivity contribution in [2.45, 2.75) is 38.8 Å². The first-order chi connectivity index (χ1) is 11.3. The van der Waals surface area contributed by atoms with Gasteiger partial charge in [-0.15, -0.1) is 0 Å². The van der Waals surface area contributed by atoms with Gasteiger partial charge in [-0.05, 0) is 27.7 Å². The Morgan fingerprint density at radius 1 is 0.625 bits per heavy atom. The molecule has 0 atom stereocenters. The summed E-state index contributed by atoms with van der Waals surface area (Å²) in [6.07, 6.45) is 0. The van der Waals surface area contributed by atoms with E-state index < -0.39 is 0 Å². The van der Waals surface area contributed by atoms with Crippen molar-refractivity contribution in [3.63, 3.8) is 0 Å². The molecular formula is C18H28N6. The molecule has 6 heteroatoms. The highest BCUT2D eigenvalue weighted by Gasteiger charge is 2.46. The molecule has 0 saturated carbocycles. The lowest BCUT2D eigenvalue weighted by Gasteiger charge is -2.25. The Hall–Kier alpha value is -1.72. The standard InChI is InChI=1S/C18H28N6/c1-17(2)11-23-9-7-21-5-6-22-8-10-24-12-18(3,4)20-15(24)13(16(21)22)14(23)19-17/h5-12H2,1-4H3. The predicted octanol–water partition coefficient (Wildman–Crippen LogP) is 0.828. The maximum Gasteiger partial charge on any atom is 0.139 e. The topological polar surface area (TPSA) is 37.7 Å². The maximum absolute atomic E-state index is 5.16. The van der Waals surface area contributed by atoms with Gasteiger partial charge in [-0.25, -0.2) is 0 Å². The molecule has 1 saturated heterocycles. The molecule has 24 heavy (non-hydrogen) atoms. The summed E-state index contributed by atoms with van der Waals surface area (Å²) in [5, 5.41) is 0. The Morgan fingerprint density at radius 3 is 1.42 bits per heavy atom. The van der Waals surface area contributed by atoms with Gasteiger partial charge in [0.15, 0.2) is 0 Å². The van der Waals surface area contributed by atoms with Gasteiger partial charge in [-0.2, -0.15) is 0 Å². The number of amidine groups is 2. The van der Waals surface area contributed by atoms with Crippen LogP contribution in [-0.4, -0.2) is 94.7 Å². The molecular weight excluding hydrogens is 300 g/mol. The summed E-state index contributed by atoms with van der Waals surface area (Å²) in [4.78, 5) is 20.4. The third-order valence-corrected chi connectivity index (χ3v) is 5.76. The molecule has 0 N–H and O–H groups in total. The first-order valence-electron chi connectivity index (χ1n) is 9.28. The Labute approximate surface area is 144 Å². The summed E-state index contributed by atoms with van der Waals surface area (Å²) < 4.78 is 0. The Morgan fingerprint density at radius 2 is 1.00 bits per heavy atom. The fraction of sp³-hybridized carbons (Fsp3) is 0.778. The molecule has 5 aliphatic heterocycles. The van der Waals surface area contributed by atoms with Crippen LogP contribution >= 0.6 is 0 Å². The van der Waals surface area contributed by atoms with E-state index >= 15 is 0 Å². The van der Waals surface area contributed by atoms with E-state index in [2.05, 4.69) is 47.3 Å². The molecule has 0 radical (unpaired) electrons. The molecule has 5 aliphatic rings. The van der Waals surface area contributed by atoms with Gasteiger partial charge in [0, 0.05) is 52.4 Å². The third kappa shape index (κ3) is 2.01. The largest absolute Gasteiger partial charge is 0.354 e. The first-order valence-corrected chi connectivity index (χ1v) is 9.28. The van der Waals surface area contributed by atoms with E-state index in [1.165, 1.54) is 23.1 Å². The van der Waals surface area contributed by atoms with Crippen LogP contribution in [0.4, 0.5) is 0 Å². The molecule has 0 aromatic rings. The van der Waals surface area contributed by atoms with E-state index in [4.69, 9.17) is 9.98 Å². The predicted molar refractivity (Wildman–Crippen MR) is 96.3 cm³/mol. The fourth-order valence-corrected chi connectivity index (χ4v) is 4.86. The van der Waals surface area contributed by atoms with Crippen molar-refractivity contribution in [2.75, 3.05) is 52.4 Å². The highest BCUT2D eigenvalue weighted by atomic mass is 15.5. The number of nitrogens with zero attached hydrogens (tertiary/aromatic N) is 6. The zero-order chi connectivity index (χ0) is 16.7. The summed E-state index contributed by atoms with van der Waals surface area (Å²) >= 11 is 0. The number of fused-ring (bicyclic) bond motifs is 4. The van der Waals surface area contributed by atoms with Gasteiger partial charge in [0.1, 0.15) is 17.5 Å². The minimum absolute atomic E-state index is 0.000312. The SMILES string of the molecule is CC1(C)CN2CCN3CCN4CCN5CC(C)(C)N=C5C(=C34)C2=N1. The highest BCUT2D eigenvalue weighted by Crippen LogP contribution is 2.37. The van der Waals surface area contributed by atoms with E-state index in [0.29, 0.717) is 0 Å². The van der Waals surface area contributed by atoms with Crippen LogP contribution in [-0.2, 0) is 0 Å². The molecule has 0 aliphatic carbocycles. The second kappa shape index (κ2) is 4.46. The lowest BCUT2D eigenvalue weighted by Crippen LogP contribution is -2.39. The van der Waals surface area contributed by atoms with E-state index in [-0.39, 0.29) is 11.1 Å². The van der Waals surface area contributed by atoms with E-state index in [0.717, 1.165) is 52.4 Å². The lowest BCUT2D eigenvalue weighted by molar-refractivity contribution is 0.291. The van der Waals surface area contributed by atoms with Crippen LogP contribution in [0.1, 0.15) is 27.7 Å². The van der Waals surface area contributed by atoms with Crippen LogP contribution < -0.4 is 0 Å². The fourth-order valence-electron chi connectivity index (χ4n) is 4.86. The molecule has 130 valence electrons. The monoisotopic (exact) mass is 328 g/mol. The summed E-state index contributed by atoms with van der Waals surface area (Å²) in [7, 11) is 0. The number of rotatable bonds is 0. The summed E-state index contributed by atoms with van der Waals surface area (Å²) in [5.74, 6) is 3.77. The van der Waals surface area contributed by atoms with Gasteiger partial charge < -0.3 is 19.6 Å². The third-order valence-electron chi connectivity index (χ3n) is 5.76. The second-order valence-electron chi connectivity index (χ2n) is 9.01. The normalized spacial score (nSPS) is 29.8. The van der Waals surface area contributed by atoms with Crippen molar-refractivity contribution in [3.8, 4) is 0 Å². The molecule has 5 heterocycles. The van der Waals surface area contributed by atoms with Crippen molar-refractivity contribution in [1.29, 1.82) is 0 Å². The smallest absolute Gasteiger partial charge is 0.139 e.